The number of amides is 1. The molecular formula is C13H13ClN4O. The molecule has 5 nitrogen and oxygen atoms in total. The van der Waals surface area contributed by atoms with E-state index in [9.17, 15) is 4.79 Å². The van der Waals surface area contributed by atoms with Crippen LogP contribution >= 0.6 is 11.6 Å². The van der Waals surface area contributed by atoms with Crippen molar-refractivity contribution < 1.29 is 4.79 Å². The minimum atomic E-state index is -0.243. The lowest BCUT2D eigenvalue weighted by Gasteiger charge is -2.08. The summed E-state index contributed by atoms with van der Waals surface area (Å²) in [5, 5.41) is 3.00. The predicted molar refractivity (Wildman–Crippen MR) is 73.8 cm³/mol. The molecule has 2 rings (SSSR count). The number of nitrogens with zero attached hydrogens (tertiary/aromatic N) is 2. The van der Waals surface area contributed by atoms with Crippen molar-refractivity contribution in [2.24, 2.45) is 0 Å². The second-order valence-corrected chi connectivity index (χ2v) is 4.48. The highest BCUT2D eigenvalue weighted by atomic mass is 35.5. The number of hydrogen-bond acceptors (Lipinski definition) is 4. The average Bonchev–Trinajstić information content (AvgIpc) is 2.36. The van der Waals surface area contributed by atoms with Crippen LogP contribution in [0.3, 0.4) is 0 Å². The molecule has 0 bridgehead atoms. The van der Waals surface area contributed by atoms with E-state index >= 15 is 0 Å². The van der Waals surface area contributed by atoms with E-state index in [-0.39, 0.29) is 16.9 Å². The molecule has 2 aromatic rings. The summed E-state index contributed by atoms with van der Waals surface area (Å²) in [7, 11) is 0. The summed E-state index contributed by atoms with van der Waals surface area (Å²) in [5.74, 6) is -0.0232. The maximum atomic E-state index is 12.0. The van der Waals surface area contributed by atoms with Gasteiger partial charge in [0.05, 0.1) is 0 Å². The van der Waals surface area contributed by atoms with Crippen LogP contribution < -0.4 is 11.1 Å². The largest absolute Gasteiger partial charge is 0.384 e. The Labute approximate surface area is 115 Å². The van der Waals surface area contributed by atoms with Gasteiger partial charge in [-0.25, -0.2) is 4.98 Å². The van der Waals surface area contributed by atoms with Crippen LogP contribution in [0, 0.1) is 6.92 Å². The molecule has 98 valence electrons. The normalized spacial score (nSPS) is 10.2. The molecule has 0 fully saturated rings. The van der Waals surface area contributed by atoms with Crippen molar-refractivity contribution in [1.82, 2.24) is 15.3 Å². The fraction of sp³-hybridized carbons (Fsp3) is 0.154. The van der Waals surface area contributed by atoms with Crippen molar-refractivity contribution in [3.63, 3.8) is 0 Å². The first-order valence-corrected chi connectivity index (χ1v) is 6.05. The number of aryl methyl sites for hydroxylation is 1. The van der Waals surface area contributed by atoms with Gasteiger partial charge in [-0.15, -0.1) is 0 Å². The van der Waals surface area contributed by atoms with Gasteiger partial charge >= 0.3 is 0 Å². The summed E-state index contributed by atoms with van der Waals surface area (Å²) in [5.41, 5.74) is 7.97. The quantitative estimate of drug-likeness (QED) is 0.840. The summed E-state index contributed by atoms with van der Waals surface area (Å²) in [6.45, 7) is 2.36. The van der Waals surface area contributed by atoms with Crippen LogP contribution in [0.2, 0.25) is 5.15 Å². The third-order valence-corrected chi connectivity index (χ3v) is 2.85. The Kier molecular flexibility index (Phi) is 3.97. The Bertz CT molecular complexity index is 595. The number of carbonyl (C=O) groups is 1. The molecule has 1 amide bonds. The van der Waals surface area contributed by atoms with Crippen LogP contribution in [0.1, 0.15) is 21.5 Å². The van der Waals surface area contributed by atoms with Crippen LogP contribution in [-0.4, -0.2) is 15.9 Å². The van der Waals surface area contributed by atoms with Gasteiger partial charge in [0, 0.05) is 24.5 Å². The fourth-order valence-electron chi connectivity index (χ4n) is 1.63. The zero-order valence-corrected chi connectivity index (χ0v) is 11.1. The van der Waals surface area contributed by atoms with E-state index in [2.05, 4.69) is 15.3 Å². The van der Waals surface area contributed by atoms with E-state index in [1.165, 1.54) is 12.1 Å². The number of nitrogen functional groups attached to an aromatic ring is 1. The lowest BCUT2D eigenvalue weighted by Crippen LogP contribution is -2.23. The molecule has 0 atom stereocenters. The predicted octanol–water partition coefficient (Wildman–Crippen LogP) is 1.95. The minimum absolute atomic E-state index is 0.199. The number of aromatic nitrogens is 2. The minimum Gasteiger partial charge on any atom is -0.384 e. The second-order valence-electron chi connectivity index (χ2n) is 4.09. The Balaban J connectivity index is 2.08. The summed E-state index contributed by atoms with van der Waals surface area (Å²) in [6.07, 6.45) is 3.44. The molecule has 0 unspecified atom stereocenters. The van der Waals surface area contributed by atoms with Crippen molar-refractivity contribution in [2.45, 2.75) is 13.5 Å². The first-order chi connectivity index (χ1) is 9.06. The van der Waals surface area contributed by atoms with Gasteiger partial charge in [0.2, 0.25) is 0 Å². The Hall–Kier alpha value is -2.14. The molecule has 0 aliphatic rings. The van der Waals surface area contributed by atoms with Gasteiger partial charge in [0.1, 0.15) is 11.0 Å². The van der Waals surface area contributed by atoms with E-state index < -0.39 is 0 Å². The fourth-order valence-corrected chi connectivity index (χ4v) is 1.84. The topological polar surface area (TPSA) is 80.9 Å². The summed E-state index contributed by atoms with van der Waals surface area (Å²) < 4.78 is 0. The maximum Gasteiger partial charge on any atom is 0.251 e. The average molecular weight is 277 g/mol. The molecule has 0 aliphatic heterocycles. The summed E-state index contributed by atoms with van der Waals surface area (Å²) >= 11 is 5.76. The van der Waals surface area contributed by atoms with Crippen molar-refractivity contribution in [3.05, 3.63) is 52.4 Å². The lowest BCUT2D eigenvalue weighted by molar-refractivity contribution is 0.0951. The van der Waals surface area contributed by atoms with E-state index in [1.54, 1.807) is 12.4 Å². The smallest absolute Gasteiger partial charge is 0.251 e. The van der Waals surface area contributed by atoms with Crippen LogP contribution in [0.25, 0.3) is 0 Å². The molecule has 0 radical (unpaired) electrons. The van der Waals surface area contributed by atoms with Gasteiger partial charge in [0.15, 0.2) is 0 Å². The zero-order valence-electron chi connectivity index (χ0n) is 10.4. The van der Waals surface area contributed by atoms with Crippen LogP contribution in [-0.2, 0) is 6.54 Å². The molecule has 19 heavy (non-hydrogen) atoms. The maximum absolute atomic E-state index is 12.0. The van der Waals surface area contributed by atoms with Crippen LogP contribution in [0.5, 0.6) is 0 Å². The number of nitrogens with one attached hydrogen (secondary N) is 1. The Morgan fingerprint density at radius 2 is 2.26 bits per heavy atom. The van der Waals surface area contributed by atoms with Crippen LogP contribution in [0.15, 0.2) is 30.6 Å². The number of pyridine rings is 2. The number of rotatable bonds is 3. The van der Waals surface area contributed by atoms with Gasteiger partial charge in [-0.3, -0.25) is 9.78 Å². The van der Waals surface area contributed by atoms with Crippen molar-refractivity contribution in [1.29, 1.82) is 0 Å². The highest BCUT2D eigenvalue weighted by Crippen LogP contribution is 2.12. The number of halogens is 1. The Morgan fingerprint density at radius 3 is 2.95 bits per heavy atom. The molecular weight excluding hydrogens is 264 g/mol. The Morgan fingerprint density at radius 1 is 1.47 bits per heavy atom. The monoisotopic (exact) mass is 276 g/mol. The lowest BCUT2D eigenvalue weighted by atomic mass is 10.1. The standard InChI is InChI=1S/C13H13ClN4O/c1-8-6-16-3-2-9(8)7-17-13(19)10-4-11(14)18-12(15)5-10/h2-6H,7H2,1H3,(H2,15,18)(H,17,19). The molecule has 0 aliphatic carbocycles. The van der Waals surface area contributed by atoms with E-state index in [1.807, 2.05) is 13.0 Å². The highest BCUT2D eigenvalue weighted by molar-refractivity contribution is 6.29. The van der Waals surface area contributed by atoms with Crippen molar-refractivity contribution in [2.75, 3.05) is 5.73 Å². The SMILES string of the molecule is Cc1cnccc1CNC(=O)c1cc(N)nc(Cl)c1. The molecule has 2 aromatic heterocycles. The molecule has 3 N–H and O–H groups in total. The number of nitrogens with two attached hydrogens (primary N) is 1. The van der Waals surface area contributed by atoms with E-state index in [4.69, 9.17) is 17.3 Å². The number of carbonyl (C=O) groups excluding carboxylic acids is 1. The highest BCUT2D eigenvalue weighted by Gasteiger charge is 2.08. The zero-order chi connectivity index (χ0) is 13.8. The molecule has 0 saturated carbocycles. The van der Waals surface area contributed by atoms with Crippen molar-refractivity contribution in [3.8, 4) is 0 Å². The van der Waals surface area contributed by atoms with Gasteiger partial charge in [-0.2, -0.15) is 0 Å². The van der Waals surface area contributed by atoms with E-state index in [0.29, 0.717) is 12.1 Å². The molecule has 6 heteroatoms. The number of anilines is 1. The third kappa shape index (κ3) is 3.42. The first kappa shape index (κ1) is 13.3. The van der Waals surface area contributed by atoms with Gasteiger partial charge in [-0.05, 0) is 36.2 Å². The number of hydrogen-bond donors (Lipinski definition) is 2. The molecule has 0 aromatic carbocycles. The van der Waals surface area contributed by atoms with E-state index in [0.717, 1.165) is 11.1 Å². The van der Waals surface area contributed by atoms with Crippen molar-refractivity contribution >= 4 is 23.3 Å². The van der Waals surface area contributed by atoms with Gasteiger partial charge < -0.3 is 11.1 Å². The second kappa shape index (κ2) is 5.67. The summed E-state index contributed by atoms with van der Waals surface area (Å²) in [6, 6.07) is 4.83. The first-order valence-electron chi connectivity index (χ1n) is 5.67. The summed E-state index contributed by atoms with van der Waals surface area (Å²) in [4.78, 5) is 19.8. The molecule has 0 saturated heterocycles. The van der Waals surface area contributed by atoms with Gasteiger partial charge in [-0.1, -0.05) is 11.6 Å². The van der Waals surface area contributed by atoms with Crippen LogP contribution in [0.4, 0.5) is 5.82 Å². The van der Waals surface area contributed by atoms with Gasteiger partial charge in [0.25, 0.3) is 5.91 Å². The third-order valence-electron chi connectivity index (χ3n) is 2.65. The molecule has 2 heterocycles. The molecule has 0 spiro atoms.